The van der Waals surface area contributed by atoms with Crippen molar-refractivity contribution in [3.05, 3.63) is 0 Å². The van der Waals surface area contributed by atoms with E-state index < -0.39 is 27.9 Å². The first-order chi connectivity index (χ1) is 6.20. The molecule has 1 N–H and O–H groups in total. The van der Waals surface area contributed by atoms with Crippen molar-refractivity contribution < 1.29 is 31.3 Å². The number of alkyl halides is 2. The lowest BCUT2D eigenvalue weighted by atomic mass is 10.6. The van der Waals surface area contributed by atoms with Gasteiger partial charge in [-0.05, 0) is 6.92 Å². The SMILES string of the molecule is CC#CC(=O)OCC(F)(F)S(=O)(=O)O. The summed E-state index contributed by atoms with van der Waals surface area (Å²) in [7, 11) is -5.57. The molecule has 5 nitrogen and oxygen atoms in total. The number of ether oxygens (including phenoxy) is 1. The minimum absolute atomic E-state index is 1.27. The Kier molecular flexibility index (Phi) is 3.97. The summed E-state index contributed by atoms with van der Waals surface area (Å²) in [6, 6.07) is 0. The van der Waals surface area contributed by atoms with Crippen LogP contribution >= 0.6 is 0 Å². The van der Waals surface area contributed by atoms with Crippen molar-refractivity contribution in [1.29, 1.82) is 0 Å². The zero-order valence-corrected chi connectivity index (χ0v) is 7.77. The van der Waals surface area contributed by atoms with E-state index in [4.69, 9.17) is 4.55 Å². The van der Waals surface area contributed by atoms with Gasteiger partial charge >= 0.3 is 21.3 Å². The maximum atomic E-state index is 12.4. The van der Waals surface area contributed by atoms with Crippen molar-refractivity contribution in [2.75, 3.05) is 6.61 Å². The number of halogens is 2. The quantitative estimate of drug-likeness (QED) is 0.319. The highest BCUT2D eigenvalue weighted by Gasteiger charge is 2.45. The van der Waals surface area contributed by atoms with Crippen molar-refractivity contribution in [3.8, 4) is 11.8 Å². The number of carbonyl (C=O) groups excluding carboxylic acids is 1. The first-order valence-electron chi connectivity index (χ1n) is 3.15. The molecule has 0 aliphatic carbocycles. The molecule has 0 fully saturated rings. The van der Waals surface area contributed by atoms with E-state index in [-0.39, 0.29) is 0 Å². The molecular weight excluding hydrogens is 222 g/mol. The van der Waals surface area contributed by atoms with Crippen molar-refractivity contribution in [1.82, 2.24) is 0 Å². The molecule has 0 heterocycles. The molecule has 0 radical (unpaired) electrons. The third kappa shape index (κ3) is 3.68. The van der Waals surface area contributed by atoms with Gasteiger partial charge < -0.3 is 4.74 Å². The summed E-state index contributed by atoms with van der Waals surface area (Å²) in [6.45, 7) is -0.498. The highest BCUT2D eigenvalue weighted by Crippen LogP contribution is 2.20. The summed E-state index contributed by atoms with van der Waals surface area (Å²) in [5.41, 5.74) is 0. The highest BCUT2D eigenvalue weighted by atomic mass is 32.2. The van der Waals surface area contributed by atoms with Gasteiger partial charge in [0.25, 0.3) is 0 Å². The van der Waals surface area contributed by atoms with Crippen molar-refractivity contribution in [3.63, 3.8) is 0 Å². The van der Waals surface area contributed by atoms with Crippen LogP contribution in [-0.4, -0.2) is 30.8 Å². The maximum absolute atomic E-state index is 12.4. The molecule has 0 aromatic carbocycles. The lowest BCUT2D eigenvalue weighted by molar-refractivity contribution is -0.142. The molecule has 0 aliphatic heterocycles. The van der Waals surface area contributed by atoms with E-state index in [9.17, 15) is 22.0 Å². The van der Waals surface area contributed by atoms with Crippen LogP contribution in [0.4, 0.5) is 8.78 Å². The Morgan fingerprint density at radius 2 is 2.07 bits per heavy atom. The zero-order valence-electron chi connectivity index (χ0n) is 6.95. The number of rotatable bonds is 3. The van der Waals surface area contributed by atoms with Crippen LogP contribution in [-0.2, 0) is 19.6 Å². The summed E-state index contributed by atoms with van der Waals surface area (Å²) in [5, 5.41) is -4.52. The third-order valence-corrected chi connectivity index (χ3v) is 1.85. The Morgan fingerprint density at radius 1 is 1.57 bits per heavy atom. The van der Waals surface area contributed by atoms with Gasteiger partial charge in [0.1, 0.15) is 0 Å². The topological polar surface area (TPSA) is 80.7 Å². The Bertz CT molecular complexity index is 375. The zero-order chi connectivity index (χ0) is 11.4. The molecule has 0 aromatic rings. The molecule has 0 rings (SSSR count). The average molecular weight is 228 g/mol. The molecule has 0 saturated heterocycles. The third-order valence-electron chi connectivity index (χ3n) is 0.976. The monoisotopic (exact) mass is 228 g/mol. The predicted molar refractivity (Wildman–Crippen MR) is 40.9 cm³/mol. The van der Waals surface area contributed by atoms with Crippen LogP contribution in [0.25, 0.3) is 0 Å². The first-order valence-corrected chi connectivity index (χ1v) is 4.59. The van der Waals surface area contributed by atoms with E-state index in [0.29, 0.717) is 0 Å². The van der Waals surface area contributed by atoms with Crippen molar-refractivity contribution in [2.45, 2.75) is 12.2 Å². The second kappa shape index (κ2) is 4.34. The second-order valence-electron chi connectivity index (χ2n) is 2.06. The number of esters is 1. The van der Waals surface area contributed by atoms with Gasteiger partial charge in [-0.3, -0.25) is 4.55 Å². The van der Waals surface area contributed by atoms with Gasteiger partial charge in [-0.25, -0.2) is 4.79 Å². The molecule has 0 atom stereocenters. The number of hydrogen-bond donors (Lipinski definition) is 1. The Hall–Kier alpha value is -1.20. The largest absolute Gasteiger partial charge is 0.448 e. The summed E-state index contributed by atoms with van der Waals surface area (Å²) < 4.78 is 56.5. The molecule has 80 valence electrons. The molecule has 0 aromatic heterocycles. The fraction of sp³-hybridized carbons (Fsp3) is 0.500. The van der Waals surface area contributed by atoms with E-state index in [1.807, 2.05) is 0 Å². The van der Waals surface area contributed by atoms with Gasteiger partial charge in [0, 0.05) is 5.92 Å². The number of carbonyl (C=O) groups is 1. The van der Waals surface area contributed by atoms with E-state index in [0.717, 1.165) is 0 Å². The number of hydrogen-bond acceptors (Lipinski definition) is 4. The van der Waals surface area contributed by atoms with Crippen LogP contribution in [0.3, 0.4) is 0 Å². The van der Waals surface area contributed by atoms with Crippen LogP contribution < -0.4 is 0 Å². The van der Waals surface area contributed by atoms with E-state index in [1.54, 1.807) is 5.92 Å². The summed E-state index contributed by atoms with van der Waals surface area (Å²) in [6.07, 6.45) is 0. The summed E-state index contributed by atoms with van der Waals surface area (Å²) in [4.78, 5) is 10.4. The smallest absolute Gasteiger partial charge is 0.402 e. The summed E-state index contributed by atoms with van der Waals surface area (Å²) >= 11 is 0. The predicted octanol–water partition coefficient (Wildman–Crippen LogP) is 0.0335. The molecule has 14 heavy (non-hydrogen) atoms. The molecule has 0 amide bonds. The van der Waals surface area contributed by atoms with Crippen molar-refractivity contribution in [2.24, 2.45) is 0 Å². The lowest BCUT2D eigenvalue weighted by Crippen LogP contribution is -2.34. The maximum Gasteiger partial charge on any atom is 0.402 e. The van der Waals surface area contributed by atoms with Gasteiger partial charge in [-0.15, -0.1) is 0 Å². The standard InChI is InChI=1S/C6H6F2O5S/c1-2-3-5(9)13-4-6(7,8)14(10,11)12/h4H2,1H3,(H,10,11,12). The Balaban J connectivity index is 4.40. The van der Waals surface area contributed by atoms with Crippen LogP contribution in [0.5, 0.6) is 0 Å². The molecular formula is C6H6F2O5S. The minimum atomic E-state index is -5.57. The minimum Gasteiger partial charge on any atom is -0.448 e. The van der Waals surface area contributed by atoms with Gasteiger partial charge in [0.15, 0.2) is 6.61 Å². The lowest BCUT2D eigenvalue weighted by Gasteiger charge is -2.11. The fourth-order valence-corrected chi connectivity index (χ4v) is 0.570. The second-order valence-corrected chi connectivity index (χ2v) is 3.61. The molecule has 8 heteroatoms. The van der Waals surface area contributed by atoms with Gasteiger partial charge in [-0.2, -0.15) is 17.2 Å². The first kappa shape index (κ1) is 12.8. The van der Waals surface area contributed by atoms with Gasteiger partial charge in [0.2, 0.25) is 0 Å². The highest BCUT2D eigenvalue weighted by molar-refractivity contribution is 7.86. The van der Waals surface area contributed by atoms with Crippen LogP contribution in [0, 0.1) is 11.8 Å². The molecule has 0 unspecified atom stereocenters. The van der Waals surface area contributed by atoms with Crippen LogP contribution in [0.1, 0.15) is 6.92 Å². The van der Waals surface area contributed by atoms with Gasteiger partial charge in [0.05, 0.1) is 0 Å². The molecule has 0 aliphatic rings. The molecule has 0 bridgehead atoms. The van der Waals surface area contributed by atoms with E-state index >= 15 is 0 Å². The molecule has 0 spiro atoms. The Morgan fingerprint density at radius 3 is 2.43 bits per heavy atom. The van der Waals surface area contributed by atoms with Crippen LogP contribution in [0.2, 0.25) is 0 Å². The summed E-state index contributed by atoms with van der Waals surface area (Å²) in [5.74, 6) is 2.51. The van der Waals surface area contributed by atoms with Crippen LogP contribution in [0.15, 0.2) is 0 Å². The normalized spacial score (nSPS) is 11.4. The fourth-order valence-electron chi connectivity index (χ4n) is 0.362. The average Bonchev–Trinajstić information content (AvgIpc) is 1.99. The Labute approximate surface area is 78.8 Å². The van der Waals surface area contributed by atoms with E-state index in [1.165, 1.54) is 6.92 Å². The molecule has 0 saturated carbocycles. The van der Waals surface area contributed by atoms with E-state index in [2.05, 4.69) is 10.7 Å². The van der Waals surface area contributed by atoms with Crippen molar-refractivity contribution >= 4 is 16.1 Å². The van der Waals surface area contributed by atoms with Gasteiger partial charge in [-0.1, -0.05) is 5.92 Å².